The molecular weight excluding hydrogens is 400 g/mol. The Hall–Kier alpha value is -3.66. The third kappa shape index (κ3) is 4.43. The number of aryl methyl sites for hydroxylation is 1. The van der Waals surface area contributed by atoms with E-state index in [-0.39, 0.29) is 17.3 Å². The molecule has 0 saturated carbocycles. The second-order valence-corrected chi connectivity index (χ2v) is 6.24. The van der Waals surface area contributed by atoms with Gasteiger partial charge in [-0.05, 0) is 30.7 Å². The molecule has 0 aliphatic carbocycles. The number of rotatable bonds is 7. The fraction of sp³-hybridized carbons (Fsp3) is 0.167. The minimum atomic E-state index is -0.585. The van der Waals surface area contributed by atoms with Gasteiger partial charge in [0, 0.05) is 12.3 Å². The predicted molar refractivity (Wildman–Crippen MR) is 109 cm³/mol. The van der Waals surface area contributed by atoms with E-state index in [0.29, 0.717) is 28.0 Å². The Kier molecular flexibility index (Phi) is 5.93. The normalized spacial score (nSPS) is 10.3. The van der Waals surface area contributed by atoms with Gasteiger partial charge < -0.3 is 20.1 Å². The maximum atomic E-state index is 11.8. The number of nitrogens with zero attached hydrogens (tertiary/aromatic N) is 4. The largest absolute Gasteiger partial charge is 0.495 e. The molecule has 0 aliphatic rings. The Labute approximate surface area is 171 Å². The van der Waals surface area contributed by atoms with E-state index in [0.717, 1.165) is 5.56 Å². The molecule has 0 atom stereocenters. The molecule has 0 fully saturated rings. The summed E-state index contributed by atoms with van der Waals surface area (Å²) in [7, 11) is 2.93. The van der Waals surface area contributed by atoms with Crippen molar-refractivity contribution in [3.8, 4) is 11.5 Å². The summed E-state index contributed by atoms with van der Waals surface area (Å²) in [5.74, 6) is 1.14. The maximum Gasteiger partial charge on any atom is 0.353 e. The van der Waals surface area contributed by atoms with Crippen LogP contribution in [0.25, 0.3) is 0 Å². The average Bonchev–Trinajstić information content (AvgIpc) is 2.68. The number of benzene rings is 1. The van der Waals surface area contributed by atoms with Gasteiger partial charge in [-0.25, -0.2) is 15.0 Å². The zero-order valence-corrected chi connectivity index (χ0v) is 16.5. The molecule has 0 amide bonds. The zero-order chi connectivity index (χ0) is 21.0. The van der Waals surface area contributed by atoms with E-state index >= 15 is 0 Å². The molecule has 0 spiro atoms. The van der Waals surface area contributed by atoms with Crippen LogP contribution in [0.4, 0.5) is 28.8 Å². The lowest BCUT2D eigenvalue weighted by molar-refractivity contribution is -0.383. The fourth-order valence-corrected chi connectivity index (χ4v) is 2.79. The summed E-state index contributed by atoms with van der Waals surface area (Å²) in [5, 5.41) is 17.8. The van der Waals surface area contributed by atoms with Gasteiger partial charge in [0.2, 0.25) is 11.6 Å². The number of methoxy groups -OCH3 is 2. The first-order valence-electron chi connectivity index (χ1n) is 8.30. The first kappa shape index (κ1) is 20.1. The summed E-state index contributed by atoms with van der Waals surface area (Å²) >= 11 is 6.17. The number of pyridine rings is 1. The van der Waals surface area contributed by atoms with Crippen molar-refractivity contribution >= 4 is 40.4 Å². The number of ether oxygens (including phenoxy) is 2. The van der Waals surface area contributed by atoms with Crippen LogP contribution in [0.2, 0.25) is 5.02 Å². The number of aromatic nitrogens is 3. The van der Waals surface area contributed by atoms with Crippen LogP contribution in [0.1, 0.15) is 5.56 Å². The molecule has 29 heavy (non-hydrogen) atoms. The Morgan fingerprint density at radius 1 is 1.03 bits per heavy atom. The molecule has 0 aliphatic heterocycles. The monoisotopic (exact) mass is 416 g/mol. The van der Waals surface area contributed by atoms with Crippen LogP contribution in [0, 0.1) is 17.0 Å². The van der Waals surface area contributed by atoms with E-state index in [2.05, 4.69) is 25.6 Å². The van der Waals surface area contributed by atoms with Crippen LogP contribution in [0.3, 0.4) is 0 Å². The molecule has 2 heterocycles. The van der Waals surface area contributed by atoms with Crippen molar-refractivity contribution in [3.63, 3.8) is 0 Å². The van der Waals surface area contributed by atoms with Gasteiger partial charge >= 0.3 is 5.69 Å². The minimum Gasteiger partial charge on any atom is -0.495 e. The molecule has 3 rings (SSSR count). The van der Waals surface area contributed by atoms with Crippen molar-refractivity contribution in [3.05, 3.63) is 57.5 Å². The van der Waals surface area contributed by atoms with Gasteiger partial charge in [0.1, 0.15) is 23.6 Å². The highest BCUT2D eigenvalue weighted by atomic mass is 35.5. The van der Waals surface area contributed by atoms with Crippen LogP contribution >= 0.6 is 11.6 Å². The molecule has 0 unspecified atom stereocenters. The quantitative estimate of drug-likeness (QED) is 0.429. The maximum absolute atomic E-state index is 11.8. The molecule has 11 heteroatoms. The molecule has 0 saturated heterocycles. The SMILES string of the molecule is COc1cc(OC)c(Nc2ncnc(Nc3cc(C)ccn3)c2[N+](=O)[O-])cc1Cl. The summed E-state index contributed by atoms with van der Waals surface area (Å²) in [6.07, 6.45) is 2.79. The standard InChI is InChI=1S/C18H17ClN6O4/c1-10-4-5-20-15(6-10)24-18-16(25(26)27)17(21-9-22-18)23-12-7-11(19)13(28-2)8-14(12)29-3/h4-9H,1-3H3,(H2,20,21,22,23,24). The highest BCUT2D eigenvalue weighted by Gasteiger charge is 2.25. The topological polar surface area (TPSA) is 124 Å². The number of anilines is 4. The summed E-state index contributed by atoms with van der Waals surface area (Å²) in [5.41, 5.74) is 0.958. The number of hydrogen-bond acceptors (Lipinski definition) is 9. The van der Waals surface area contributed by atoms with E-state index in [1.807, 2.05) is 13.0 Å². The molecule has 0 radical (unpaired) electrons. The first-order valence-corrected chi connectivity index (χ1v) is 8.68. The summed E-state index contributed by atoms with van der Waals surface area (Å²) in [4.78, 5) is 23.3. The smallest absolute Gasteiger partial charge is 0.353 e. The minimum absolute atomic E-state index is 0.0100. The molecule has 3 aromatic rings. The Balaban J connectivity index is 2.02. The number of nitrogens with one attached hydrogen (secondary N) is 2. The summed E-state index contributed by atoms with van der Waals surface area (Å²) in [6, 6.07) is 6.64. The highest BCUT2D eigenvalue weighted by molar-refractivity contribution is 6.32. The molecule has 10 nitrogen and oxygen atoms in total. The Morgan fingerprint density at radius 2 is 1.72 bits per heavy atom. The lowest BCUT2D eigenvalue weighted by Crippen LogP contribution is -2.07. The molecule has 1 aromatic carbocycles. The molecular formula is C18H17ClN6O4. The van der Waals surface area contributed by atoms with Crippen LogP contribution in [-0.2, 0) is 0 Å². The third-order valence-electron chi connectivity index (χ3n) is 3.89. The first-order chi connectivity index (χ1) is 13.9. The van der Waals surface area contributed by atoms with Gasteiger partial charge in [-0.1, -0.05) is 11.6 Å². The van der Waals surface area contributed by atoms with E-state index in [1.54, 1.807) is 18.3 Å². The van der Waals surface area contributed by atoms with Crippen LogP contribution < -0.4 is 20.1 Å². The second kappa shape index (κ2) is 8.57. The number of nitro groups is 1. The van der Waals surface area contributed by atoms with E-state index < -0.39 is 4.92 Å². The van der Waals surface area contributed by atoms with Crippen molar-refractivity contribution in [2.24, 2.45) is 0 Å². The Bertz CT molecular complexity index is 1060. The van der Waals surface area contributed by atoms with Crippen molar-refractivity contribution in [1.29, 1.82) is 0 Å². The summed E-state index contributed by atoms with van der Waals surface area (Å²) < 4.78 is 10.5. The van der Waals surface area contributed by atoms with Crippen molar-refractivity contribution in [1.82, 2.24) is 15.0 Å². The van der Waals surface area contributed by atoms with Crippen LogP contribution in [0.5, 0.6) is 11.5 Å². The predicted octanol–water partition coefficient (Wildman–Crippen LogP) is 4.25. The van der Waals surface area contributed by atoms with E-state index in [9.17, 15) is 10.1 Å². The number of halogens is 1. The fourth-order valence-electron chi connectivity index (χ4n) is 2.55. The summed E-state index contributed by atoms with van der Waals surface area (Å²) in [6.45, 7) is 1.88. The van der Waals surface area contributed by atoms with Gasteiger partial charge in [0.05, 0.1) is 29.9 Å². The van der Waals surface area contributed by atoms with Crippen LogP contribution in [-0.4, -0.2) is 34.1 Å². The van der Waals surface area contributed by atoms with Gasteiger partial charge in [-0.3, -0.25) is 10.1 Å². The molecule has 0 bridgehead atoms. The van der Waals surface area contributed by atoms with Gasteiger partial charge in [0.15, 0.2) is 0 Å². The third-order valence-corrected chi connectivity index (χ3v) is 4.19. The van der Waals surface area contributed by atoms with Gasteiger partial charge in [-0.15, -0.1) is 0 Å². The zero-order valence-electron chi connectivity index (χ0n) is 15.8. The number of hydrogen-bond donors (Lipinski definition) is 2. The van der Waals surface area contributed by atoms with E-state index in [1.165, 1.54) is 26.6 Å². The van der Waals surface area contributed by atoms with Gasteiger partial charge in [-0.2, -0.15) is 0 Å². The average molecular weight is 417 g/mol. The van der Waals surface area contributed by atoms with Gasteiger partial charge in [0.25, 0.3) is 0 Å². The molecule has 2 N–H and O–H groups in total. The van der Waals surface area contributed by atoms with Crippen molar-refractivity contribution < 1.29 is 14.4 Å². The highest BCUT2D eigenvalue weighted by Crippen LogP contribution is 2.39. The lowest BCUT2D eigenvalue weighted by atomic mass is 10.2. The molecule has 2 aromatic heterocycles. The van der Waals surface area contributed by atoms with E-state index in [4.69, 9.17) is 21.1 Å². The second-order valence-electron chi connectivity index (χ2n) is 5.83. The van der Waals surface area contributed by atoms with Crippen molar-refractivity contribution in [2.75, 3.05) is 24.9 Å². The Morgan fingerprint density at radius 3 is 2.34 bits per heavy atom. The van der Waals surface area contributed by atoms with Crippen molar-refractivity contribution in [2.45, 2.75) is 6.92 Å². The van der Waals surface area contributed by atoms with Crippen LogP contribution in [0.15, 0.2) is 36.8 Å². The molecule has 150 valence electrons. The lowest BCUT2D eigenvalue weighted by Gasteiger charge is -2.14.